The zero-order valence-corrected chi connectivity index (χ0v) is 26.0. The molecule has 3 heteroatoms. The first-order valence-electron chi connectivity index (χ1n) is 16.3. The van der Waals surface area contributed by atoms with E-state index in [4.69, 9.17) is 14.4 Å². The molecular formula is C45H28N2O. The third-order valence-corrected chi connectivity index (χ3v) is 9.94. The van der Waals surface area contributed by atoms with E-state index in [0.717, 1.165) is 44.1 Å². The summed E-state index contributed by atoms with van der Waals surface area (Å²) in [7, 11) is 0. The molecule has 0 amide bonds. The van der Waals surface area contributed by atoms with E-state index >= 15 is 0 Å². The highest BCUT2D eigenvalue weighted by molar-refractivity contribution is 6.11. The molecule has 0 radical (unpaired) electrons. The maximum Gasteiger partial charge on any atom is 0.180 e. The van der Waals surface area contributed by atoms with Gasteiger partial charge in [0.2, 0.25) is 0 Å². The molecule has 0 saturated heterocycles. The van der Waals surface area contributed by atoms with Crippen molar-refractivity contribution in [2.24, 2.45) is 0 Å². The molecule has 0 spiro atoms. The van der Waals surface area contributed by atoms with Crippen molar-refractivity contribution >= 4 is 32.8 Å². The summed E-state index contributed by atoms with van der Waals surface area (Å²) >= 11 is 0. The van der Waals surface area contributed by atoms with Gasteiger partial charge in [0.15, 0.2) is 11.4 Å². The molecule has 0 fully saturated rings. The second-order valence-corrected chi connectivity index (χ2v) is 12.5. The molecule has 0 atom stereocenters. The predicted octanol–water partition coefficient (Wildman–Crippen LogP) is 11.2. The summed E-state index contributed by atoms with van der Waals surface area (Å²) in [4.78, 5) is 10.5. The largest absolute Gasteiger partial charge is 0.452 e. The lowest BCUT2D eigenvalue weighted by Gasteiger charge is -2.34. The van der Waals surface area contributed by atoms with E-state index in [1.54, 1.807) is 0 Å². The zero-order chi connectivity index (χ0) is 31.7. The summed E-state index contributed by atoms with van der Waals surface area (Å²) in [6.07, 6.45) is 0. The average molecular weight is 613 g/mol. The minimum Gasteiger partial charge on any atom is -0.452 e. The van der Waals surface area contributed by atoms with Gasteiger partial charge in [-0.1, -0.05) is 152 Å². The van der Waals surface area contributed by atoms with Crippen LogP contribution >= 0.6 is 0 Å². The smallest absolute Gasteiger partial charge is 0.180 e. The van der Waals surface area contributed by atoms with Crippen molar-refractivity contribution in [1.29, 1.82) is 0 Å². The first-order chi connectivity index (χ1) is 23.8. The summed E-state index contributed by atoms with van der Waals surface area (Å²) in [5, 5.41) is 3.27. The molecule has 7 aromatic carbocycles. The molecule has 48 heavy (non-hydrogen) atoms. The highest BCUT2D eigenvalue weighted by Gasteiger charge is 2.45. The Bertz CT molecular complexity index is 2630. The van der Waals surface area contributed by atoms with Crippen LogP contribution in [0.2, 0.25) is 0 Å². The highest BCUT2D eigenvalue weighted by atomic mass is 16.3. The number of furan rings is 1. The molecular weight excluding hydrogens is 585 g/mol. The van der Waals surface area contributed by atoms with Gasteiger partial charge in [-0.25, -0.2) is 9.97 Å². The van der Waals surface area contributed by atoms with Crippen molar-refractivity contribution in [3.63, 3.8) is 0 Å². The van der Waals surface area contributed by atoms with Crippen LogP contribution in [0.25, 0.3) is 66.6 Å². The predicted molar refractivity (Wildman–Crippen MR) is 195 cm³/mol. The van der Waals surface area contributed by atoms with Gasteiger partial charge in [-0.15, -0.1) is 0 Å². The van der Waals surface area contributed by atoms with Gasteiger partial charge in [-0.3, -0.25) is 0 Å². The zero-order valence-electron chi connectivity index (χ0n) is 26.0. The summed E-state index contributed by atoms with van der Waals surface area (Å²) in [5.74, 6) is 0.668. The fraction of sp³-hybridized carbons (Fsp3) is 0.0222. The third-order valence-electron chi connectivity index (χ3n) is 9.94. The quantitative estimate of drug-likeness (QED) is 0.198. The normalized spacial score (nSPS) is 13.2. The number of aromatic nitrogens is 2. The lowest BCUT2D eigenvalue weighted by Crippen LogP contribution is -2.28. The van der Waals surface area contributed by atoms with Gasteiger partial charge in [-0.2, -0.15) is 0 Å². The fourth-order valence-corrected chi connectivity index (χ4v) is 7.85. The second-order valence-electron chi connectivity index (χ2n) is 12.5. The SMILES string of the molecule is c1ccc(-c2nc(-c3cccc(C4(c5ccccc5)c5ccccc5-c5ccccc54)c3)nc3c2oc2cc4ccccc4cc23)cc1. The molecule has 10 rings (SSSR count). The van der Waals surface area contributed by atoms with E-state index in [0.29, 0.717) is 11.4 Å². The van der Waals surface area contributed by atoms with Crippen LogP contribution in [0, 0.1) is 0 Å². The van der Waals surface area contributed by atoms with Crippen molar-refractivity contribution in [2.75, 3.05) is 0 Å². The molecule has 2 aromatic heterocycles. The summed E-state index contributed by atoms with van der Waals surface area (Å²) in [5.41, 5.74) is 12.1. The van der Waals surface area contributed by atoms with E-state index < -0.39 is 5.41 Å². The molecule has 0 unspecified atom stereocenters. The summed E-state index contributed by atoms with van der Waals surface area (Å²) < 4.78 is 6.57. The first-order valence-corrected chi connectivity index (χ1v) is 16.3. The Morgan fingerprint density at radius 2 is 1.04 bits per heavy atom. The van der Waals surface area contributed by atoms with E-state index in [9.17, 15) is 0 Å². The van der Waals surface area contributed by atoms with Crippen LogP contribution in [-0.4, -0.2) is 9.97 Å². The van der Waals surface area contributed by atoms with E-state index in [1.807, 2.05) is 18.2 Å². The maximum atomic E-state index is 6.57. The molecule has 3 nitrogen and oxygen atoms in total. The van der Waals surface area contributed by atoms with Gasteiger partial charge in [0.1, 0.15) is 16.8 Å². The average Bonchev–Trinajstić information content (AvgIpc) is 3.67. The maximum absolute atomic E-state index is 6.57. The van der Waals surface area contributed by atoms with Crippen LogP contribution in [0.15, 0.2) is 174 Å². The number of rotatable bonds is 4. The molecule has 0 saturated carbocycles. The molecule has 1 aliphatic carbocycles. The van der Waals surface area contributed by atoms with Crippen molar-refractivity contribution in [3.05, 3.63) is 192 Å². The standard InChI is InChI=1S/C45H28N2O/c1-3-14-29(15-4-1)41-43-42(37-27-30-16-7-8-17-31(30)28-40(37)48-43)47-44(46-41)32-18-13-21-34(26-32)45(33-19-5-2-6-20-33)38-24-11-9-22-35(38)36-23-10-12-25-39(36)45/h1-28H. The highest BCUT2D eigenvalue weighted by Crippen LogP contribution is 2.56. The van der Waals surface area contributed by atoms with Gasteiger partial charge in [-0.05, 0) is 62.4 Å². The molecule has 0 N–H and O–H groups in total. The number of hydrogen-bond donors (Lipinski definition) is 0. The minimum absolute atomic E-state index is 0.502. The van der Waals surface area contributed by atoms with Crippen LogP contribution < -0.4 is 0 Å². The van der Waals surface area contributed by atoms with Crippen molar-refractivity contribution in [1.82, 2.24) is 9.97 Å². The molecule has 0 aliphatic heterocycles. The van der Waals surface area contributed by atoms with Crippen LogP contribution in [0.4, 0.5) is 0 Å². The first kappa shape index (κ1) is 26.9. The van der Waals surface area contributed by atoms with Crippen molar-refractivity contribution in [2.45, 2.75) is 5.41 Å². The number of nitrogens with zero attached hydrogens (tertiary/aromatic N) is 2. The van der Waals surface area contributed by atoms with Crippen LogP contribution in [-0.2, 0) is 5.41 Å². The Balaban J connectivity index is 1.26. The molecule has 0 bridgehead atoms. The molecule has 9 aromatic rings. The van der Waals surface area contributed by atoms with Gasteiger partial charge in [0, 0.05) is 16.5 Å². The van der Waals surface area contributed by atoms with Gasteiger partial charge >= 0.3 is 0 Å². The van der Waals surface area contributed by atoms with Crippen LogP contribution in [0.3, 0.4) is 0 Å². The van der Waals surface area contributed by atoms with Crippen molar-refractivity contribution < 1.29 is 4.42 Å². The summed E-state index contributed by atoms with van der Waals surface area (Å²) in [6.45, 7) is 0. The lowest BCUT2D eigenvalue weighted by molar-refractivity contribution is 0.668. The lowest BCUT2D eigenvalue weighted by atomic mass is 9.67. The third kappa shape index (κ3) is 3.82. The fourth-order valence-electron chi connectivity index (χ4n) is 7.85. The topological polar surface area (TPSA) is 38.9 Å². The Hall–Kier alpha value is -6.32. The second kappa shape index (κ2) is 10.3. The number of hydrogen-bond acceptors (Lipinski definition) is 3. The number of benzene rings is 7. The summed E-state index contributed by atoms with van der Waals surface area (Å²) in [6, 6.07) is 60.3. The van der Waals surface area contributed by atoms with E-state index in [2.05, 4.69) is 152 Å². The van der Waals surface area contributed by atoms with Gasteiger partial charge in [0.25, 0.3) is 0 Å². The molecule has 224 valence electrons. The Kier molecular flexibility index (Phi) is 5.79. The van der Waals surface area contributed by atoms with Crippen LogP contribution in [0.5, 0.6) is 0 Å². The number of fused-ring (bicyclic) bond motifs is 7. The van der Waals surface area contributed by atoms with Crippen molar-refractivity contribution in [3.8, 4) is 33.8 Å². The Labute approximate surface area is 277 Å². The van der Waals surface area contributed by atoms with Gasteiger partial charge < -0.3 is 4.42 Å². The van der Waals surface area contributed by atoms with E-state index in [1.165, 1.54) is 33.4 Å². The molecule has 2 heterocycles. The Morgan fingerprint density at radius 1 is 0.458 bits per heavy atom. The minimum atomic E-state index is -0.502. The van der Waals surface area contributed by atoms with Crippen LogP contribution in [0.1, 0.15) is 22.3 Å². The van der Waals surface area contributed by atoms with E-state index in [-0.39, 0.29) is 0 Å². The molecule has 1 aliphatic rings. The van der Waals surface area contributed by atoms with Gasteiger partial charge in [0.05, 0.1) is 5.41 Å². The Morgan fingerprint density at radius 3 is 1.77 bits per heavy atom. The monoisotopic (exact) mass is 612 g/mol.